The maximum absolute atomic E-state index is 15.7. The van der Waals surface area contributed by atoms with Gasteiger partial charge in [-0.15, -0.1) is 0 Å². The molecule has 42 heavy (non-hydrogen) atoms. The molecule has 0 aliphatic heterocycles. The number of imidazole rings is 1. The molecule has 3 aromatic carbocycles. The second-order valence-corrected chi connectivity index (χ2v) is 10.6. The monoisotopic (exact) mass is 589 g/mol. The summed E-state index contributed by atoms with van der Waals surface area (Å²) in [6.45, 7) is 0. The van der Waals surface area contributed by atoms with Gasteiger partial charge in [0.2, 0.25) is 0 Å². The van der Waals surface area contributed by atoms with E-state index in [1.807, 2.05) is 24.3 Å². The number of nitrogens with one attached hydrogen (secondary N) is 2. The highest BCUT2D eigenvalue weighted by Gasteiger charge is 2.23. The van der Waals surface area contributed by atoms with Gasteiger partial charge in [-0.05, 0) is 48.5 Å². The normalized spacial score (nSPS) is 11.5. The Labute approximate surface area is 237 Å². The lowest BCUT2D eigenvalue weighted by molar-refractivity contribution is 0.354. The summed E-state index contributed by atoms with van der Waals surface area (Å²) in [5.74, 6) is -1.22. The molecule has 0 saturated heterocycles. The van der Waals surface area contributed by atoms with Crippen LogP contribution in [0.3, 0.4) is 0 Å². The molecule has 0 spiro atoms. The van der Waals surface area contributed by atoms with E-state index in [0.29, 0.717) is 17.1 Å². The van der Waals surface area contributed by atoms with Crippen molar-refractivity contribution in [2.45, 2.75) is 4.90 Å². The third-order valence-corrected chi connectivity index (χ3v) is 7.77. The Balaban J connectivity index is 1.36. The Hall–Kier alpha value is -5.37. The van der Waals surface area contributed by atoms with Gasteiger partial charge >= 0.3 is 0 Å². The number of aromatic nitrogens is 5. The number of sulfonamides is 1. The number of benzene rings is 3. The van der Waals surface area contributed by atoms with Gasteiger partial charge in [0.15, 0.2) is 23.1 Å². The van der Waals surface area contributed by atoms with Gasteiger partial charge in [0, 0.05) is 6.07 Å². The predicted molar refractivity (Wildman–Crippen MR) is 152 cm³/mol. The minimum Gasteiger partial charge on any atom is -0.493 e. The van der Waals surface area contributed by atoms with Crippen LogP contribution in [0.25, 0.3) is 27.9 Å². The topological polar surface area (TPSA) is 133 Å². The van der Waals surface area contributed by atoms with Crippen LogP contribution in [0.4, 0.5) is 26.0 Å². The summed E-state index contributed by atoms with van der Waals surface area (Å²) in [7, 11) is -1.54. The van der Waals surface area contributed by atoms with Crippen LogP contribution in [0, 0.1) is 11.6 Å². The van der Waals surface area contributed by atoms with Gasteiger partial charge in [0.05, 0.1) is 41.4 Å². The zero-order chi connectivity index (χ0) is 29.4. The van der Waals surface area contributed by atoms with Gasteiger partial charge < -0.3 is 14.8 Å². The van der Waals surface area contributed by atoms with E-state index in [1.165, 1.54) is 38.7 Å². The van der Waals surface area contributed by atoms with Crippen molar-refractivity contribution in [1.82, 2.24) is 24.5 Å². The maximum Gasteiger partial charge on any atom is 0.262 e. The number of hydrogen-bond donors (Lipinski definition) is 2. The first-order chi connectivity index (χ1) is 20.3. The van der Waals surface area contributed by atoms with E-state index in [1.54, 1.807) is 23.0 Å². The molecule has 0 radical (unpaired) electrons. The predicted octanol–water partition coefficient (Wildman–Crippen LogP) is 5.20. The third-order valence-electron chi connectivity index (χ3n) is 6.41. The van der Waals surface area contributed by atoms with Crippen LogP contribution in [0.15, 0.2) is 84.3 Å². The molecule has 212 valence electrons. The number of pyridine rings is 1. The molecule has 6 rings (SSSR count). The van der Waals surface area contributed by atoms with Gasteiger partial charge in [-0.1, -0.05) is 12.1 Å². The molecule has 0 aliphatic rings. The van der Waals surface area contributed by atoms with Crippen molar-refractivity contribution >= 4 is 49.3 Å². The molecular formula is C28H21F2N7O4S. The van der Waals surface area contributed by atoms with E-state index in [0.717, 1.165) is 23.2 Å². The number of rotatable bonds is 8. The first-order valence-corrected chi connectivity index (χ1v) is 13.8. The van der Waals surface area contributed by atoms with Crippen LogP contribution in [-0.4, -0.2) is 47.1 Å². The number of anilines is 3. The molecule has 11 nitrogen and oxygen atoms in total. The lowest BCUT2D eigenvalue weighted by Gasteiger charge is -2.15. The Morgan fingerprint density at radius 2 is 1.67 bits per heavy atom. The number of nitrogens with zero attached hydrogens (tertiary/aromatic N) is 5. The van der Waals surface area contributed by atoms with E-state index in [-0.39, 0.29) is 22.0 Å². The van der Waals surface area contributed by atoms with E-state index in [9.17, 15) is 12.8 Å². The molecule has 2 N–H and O–H groups in total. The molecule has 3 aromatic heterocycles. The Kier molecular flexibility index (Phi) is 6.74. The number of ether oxygens (including phenoxy) is 2. The van der Waals surface area contributed by atoms with Crippen molar-refractivity contribution in [1.29, 1.82) is 0 Å². The van der Waals surface area contributed by atoms with Crippen LogP contribution in [0.5, 0.6) is 11.5 Å². The fourth-order valence-electron chi connectivity index (χ4n) is 4.35. The number of hydrogen-bond acceptors (Lipinski definition) is 9. The highest BCUT2D eigenvalue weighted by Crippen LogP contribution is 2.33. The SMILES string of the molecule is COc1ccc(S(=O)(=O)Nc2ccc(F)c(Nc3ncnc4ccc(-n5cnc6ccccc65)nc34)c2F)cc1OC. The molecule has 0 fully saturated rings. The Morgan fingerprint density at radius 3 is 2.48 bits per heavy atom. The summed E-state index contributed by atoms with van der Waals surface area (Å²) in [5, 5.41) is 2.63. The molecule has 0 unspecified atom stereocenters. The van der Waals surface area contributed by atoms with Crippen molar-refractivity contribution < 1.29 is 26.7 Å². The van der Waals surface area contributed by atoms with Crippen molar-refractivity contribution in [3.63, 3.8) is 0 Å². The molecule has 0 bridgehead atoms. The second-order valence-electron chi connectivity index (χ2n) is 8.89. The molecule has 0 saturated carbocycles. The lowest BCUT2D eigenvalue weighted by atomic mass is 10.2. The molecule has 0 atom stereocenters. The summed E-state index contributed by atoms with van der Waals surface area (Å²) in [4.78, 5) is 17.1. The Morgan fingerprint density at radius 1 is 0.857 bits per heavy atom. The van der Waals surface area contributed by atoms with Gasteiger partial charge in [-0.25, -0.2) is 37.1 Å². The van der Waals surface area contributed by atoms with E-state index in [2.05, 4.69) is 30.0 Å². The molecular weight excluding hydrogens is 568 g/mol. The fraction of sp³-hybridized carbons (Fsp3) is 0.0714. The number of para-hydroxylation sites is 2. The molecule has 0 aliphatic carbocycles. The summed E-state index contributed by atoms with van der Waals surface area (Å²) in [6, 6.07) is 16.7. The second kappa shape index (κ2) is 10.6. The number of fused-ring (bicyclic) bond motifs is 2. The van der Waals surface area contributed by atoms with Crippen molar-refractivity contribution in [3.05, 3.63) is 91.0 Å². The Bertz CT molecular complexity index is 2090. The summed E-state index contributed by atoms with van der Waals surface area (Å²) in [5.41, 5.74) is 1.07. The van der Waals surface area contributed by atoms with Crippen LogP contribution in [0.2, 0.25) is 0 Å². The van der Waals surface area contributed by atoms with Crippen molar-refractivity contribution in [3.8, 4) is 17.3 Å². The summed E-state index contributed by atoms with van der Waals surface area (Å²) in [6.07, 6.45) is 2.83. The van der Waals surface area contributed by atoms with Crippen LogP contribution < -0.4 is 19.5 Å². The minimum absolute atomic E-state index is 0.00367. The quantitative estimate of drug-likeness (QED) is 0.246. The van der Waals surface area contributed by atoms with Crippen LogP contribution >= 0.6 is 0 Å². The maximum atomic E-state index is 15.7. The van der Waals surface area contributed by atoms with Crippen molar-refractivity contribution in [2.75, 3.05) is 24.3 Å². The van der Waals surface area contributed by atoms with E-state index in [4.69, 9.17) is 9.47 Å². The fourth-order valence-corrected chi connectivity index (χ4v) is 5.42. The molecule has 0 amide bonds. The zero-order valence-corrected chi connectivity index (χ0v) is 22.9. The van der Waals surface area contributed by atoms with E-state index >= 15 is 4.39 Å². The first kappa shape index (κ1) is 26.8. The van der Waals surface area contributed by atoms with Gasteiger partial charge in [0.25, 0.3) is 10.0 Å². The summed E-state index contributed by atoms with van der Waals surface area (Å²) < 4.78 is 71.0. The number of halogens is 2. The van der Waals surface area contributed by atoms with Crippen molar-refractivity contribution in [2.24, 2.45) is 0 Å². The zero-order valence-electron chi connectivity index (χ0n) is 22.0. The largest absolute Gasteiger partial charge is 0.493 e. The minimum atomic E-state index is -4.30. The van der Waals surface area contributed by atoms with Gasteiger partial charge in [-0.3, -0.25) is 9.29 Å². The smallest absolute Gasteiger partial charge is 0.262 e. The highest BCUT2D eigenvalue weighted by molar-refractivity contribution is 7.92. The molecule has 3 heterocycles. The molecule has 6 aromatic rings. The molecule has 14 heteroatoms. The first-order valence-electron chi connectivity index (χ1n) is 12.3. The van der Waals surface area contributed by atoms with Gasteiger partial charge in [0.1, 0.15) is 35.5 Å². The summed E-state index contributed by atoms with van der Waals surface area (Å²) >= 11 is 0. The van der Waals surface area contributed by atoms with Gasteiger partial charge in [-0.2, -0.15) is 0 Å². The standard InChI is InChI=1S/C28H21F2N7O4S/c1-40-22-11-7-16(13-23(22)41-2)42(38,39)36-19-9-8-17(29)26(25(19)30)35-28-27-20(31-14-32-28)10-12-24(34-27)37-15-33-18-5-3-4-6-21(18)37/h3-15,36H,1-2H3,(H,31,32,35). The number of methoxy groups -OCH3 is 2. The lowest BCUT2D eigenvalue weighted by Crippen LogP contribution is -2.15. The average molecular weight is 590 g/mol. The van der Waals surface area contributed by atoms with Crippen LogP contribution in [0.1, 0.15) is 0 Å². The van der Waals surface area contributed by atoms with E-state index < -0.39 is 33.0 Å². The average Bonchev–Trinajstić information content (AvgIpc) is 3.44. The highest BCUT2D eigenvalue weighted by atomic mass is 32.2. The third kappa shape index (κ3) is 4.77. The van der Waals surface area contributed by atoms with Crippen LogP contribution in [-0.2, 0) is 10.0 Å².